The zero-order chi connectivity index (χ0) is 24.9. The molecule has 1 N–H and O–H groups in total. The maximum Gasteiger partial charge on any atom is 0.336 e. The zero-order valence-corrected chi connectivity index (χ0v) is 21.8. The van der Waals surface area contributed by atoms with Gasteiger partial charge in [0.25, 0.3) is 0 Å². The molecule has 0 amide bonds. The lowest BCUT2D eigenvalue weighted by Gasteiger charge is -2.36. The van der Waals surface area contributed by atoms with E-state index in [0.29, 0.717) is 35.6 Å². The van der Waals surface area contributed by atoms with Crippen LogP contribution in [-0.2, 0) is 14.3 Å². The SMILES string of the molecule is CCSCCOC(=O)C1=C(C)NC2=C(C(=O)C[C@H](c3ccc(Cl)cc3)C2)[C@@H]1c1ccc(OC)cc1. The number of dihydropyridines is 1. The molecule has 0 spiro atoms. The van der Waals surface area contributed by atoms with Crippen LogP contribution < -0.4 is 10.1 Å². The number of rotatable bonds is 8. The van der Waals surface area contributed by atoms with Crippen LogP contribution in [0.5, 0.6) is 5.75 Å². The number of hydrogen-bond acceptors (Lipinski definition) is 6. The quantitative estimate of drug-likeness (QED) is 0.346. The molecule has 7 heteroatoms. The van der Waals surface area contributed by atoms with Gasteiger partial charge in [0.15, 0.2) is 5.78 Å². The van der Waals surface area contributed by atoms with Gasteiger partial charge in [-0.25, -0.2) is 4.79 Å². The van der Waals surface area contributed by atoms with Crippen LogP contribution in [0.3, 0.4) is 0 Å². The number of halogens is 1. The van der Waals surface area contributed by atoms with Crippen LogP contribution >= 0.6 is 23.4 Å². The Morgan fingerprint density at radius 1 is 1.09 bits per heavy atom. The van der Waals surface area contributed by atoms with Gasteiger partial charge in [0.2, 0.25) is 0 Å². The fourth-order valence-electron chi connectivity index (χ4n) is 4.83. The van der Waals surface area contributed by atoms with Gasteiger partial charge in [0, 0.05) is 40.1 Å². The molecule has 2 aliphatic rings. The predicted octanol–water partition coefficient (Wildman–Crippen LogP) is 6.01. The highest BCUT2D eigenvalue weighted by molar-refractivity contribution is 7.99. The fourth-order valence-corrected chi connectivity index (χ4v) is 5.44. The molecule has 0 bridgehead atoms. The lowest BCUT2D eigenvalue weighted by atomic mass is 9.72. The van der Waals surface area contributed by atoms with Crippen LogP contribution in [0, 0.1) is 0 Å². The molecular formula is C28H30ClNO4S. The average Bonchev–Trinajstić information content (AvgIpc) is 2.86. The van der Waals surface area contributed by atoms with E-state index >= 15 is 0 Å². The van der Waals surface area contributed by atoms with Gasteiger partial charge in [-0.1, -0.05) is 42.8 Å². The molecule has 2 atom stereocenters. The van der Waals surface area contributed by atoms with Crippen LogP contribution in [0.2, 0.25) is 5.02 Å². The third-order valence-electron chi connectivity index (χ3n) is 6.50. The molecule has 1 aliphatic heterocycles. The lowest BCUT2D eigenvalue weighted by molar-refractivity contribution is -0.138. The second-order valence-corrected chi connectivity index (χ2v) is 10.5. The second-order valence-electron chi connectivity index (χ2n) is 8.67. The maximum absolute atomic E-state index is 13.6. The van der Waals surface area contributed by atoms with Gasteiger partial charge in [-0.15, -0.1) is 0 Å². The number of methoxy groups -OCH3 is 1. The van der Waals surface area contributed by atoms with E-state index < -0.39 is 5.92 Å². The standard InChI is InChI=1S/C28H30ClNO4S/c1-4-35-14-13-34-28(32)25-17(2)30-23-15-20(18-5-9-21(29)10-6-18)16-24(31)27(23)26(25)19-7-11-22(33-3)12-8-19/h5-12,20,26,30H,4,13-16H2,1-3H3/t20-,26-/m1/s1. The van der Waals surface area contributed by atoms with Gasteiger partial charge in [-0.3, -0.25) is 4.79 Å². The number of nitrogens with one attached hydrogen (secondary N) is 1. The van der Waals surface area contributed by atoms with E-state index in [9.17, 15) is 9.59 Å². The molecule has 2 aromatic carbocycles. The van der Waals surface area contributed by atoms with Crippen molar-refractivity contribution in [2.45, 2.75) is 38.5 Å². The molecule has 2 aromatic rings. The summed E-state index contributed by atoms with van der Waals surface area (Å²) in [6.07, 6.45) is 1.06. The number of carbonyl (C=O) groups is 2. The molecule has 0 saturated heterocycles. The summed E-state index contributed by atoms with van der Waals surface area (Å²) in [7, 11) is 1.61. The van der Waals surface area contributed by atoms with Gasteiger partial charge in [0.1, 0.15) is 12.4 Å². The number of hydrogen-bond donors (Lipinski definition) is 1. The van der Waals surface area contributed by atoms with E-state index in [0.717, 1.165) is 39.8 Å². The van der Waals surface area contributed by atoms with E-state index in [1.807, 2.05) is 55.5 Å². The number of thioether (sulfide) groups is 1. The minimum absolute atomic E-state index is 0.0406. The highest BCUT2D eigenvalue weighted by atomic mass is 35.5. The normalized spacial score (nSPS) is 19.8. The fraction of sp³-hybridized carbons (Fsp3) is 0.357. The summed E-state index contributed by atoms with van der Waals surface area (Å²) in [5.74, 6) is 1.65. The topological polar surface area (TPSA) is 64.6 Å². The molecule has 184 valence electrons. The Bertz CT molecular complexity index is 1150. The Labute approximate surface area is 215 Å². The van der Waals surface area contributed by atoms with Crippen LogP contribution in [0.1, 0.15) is 49.7 Å². The minimum Gasteiger partial charge on any atom is -0.497 e. The van der Waals surface area contributed by atoms with Crippen molar-refractivity contribution < 1.29 is 19.1 Å². The van der Waals surface area contributed by atoms with Crippen molar-refractivity contribution in [2.24, 2.45) is 0 Å². The summed E-state index contributed by atoms with van der Waals surface area (Å²) in [5, 5.41) is 4.07. The Morgan fingerprint density at radius 2 is 1.77 bits per heavy atom. The minimum atomic E-state index is -0.484. The zero-order valence-electron chi connectivity index (χ0n) is 20.2. The molecular weight excluding hydrogens is 482 g/mol. The Kier molecular flexibility index (Phi) is 8.24. The van der Waals surface area contributed by atoms with E-state index in [-0.39, 0.29) is 17.7 Å². The van der Waals surface area contributed by atoms with Crippen molar-refractivity contribution in [3.8, 4) is 5.75 Å². The Hall–Kier alpha value is -2.70. The first kappa shape index (κ1) is 25.4. The largest absolute Gasteiger partial charge is 0.497 e. The average molecular weight is 512 g/mol. The van der Waals surface area contributed by atoms with E-state index in [1.165, 1.54) is 0 Å². The monoisotopic (exact) mass is 511 g/mol. The summed E-state index contributed by atoms with van der Waals surface area (Å²) in [4.78, 5) is 26.9. The molecule has 4 rings (SSSR count). The van der Waals surface area contributed by atoms with E-state index in [1.54, 1.807) is 18.9 Å². The number of Topliss-reactive ketones (excluding diaryl/α,β-unsaturated/α-hetero) is 1. The summed E-state index contributed by atoms with van der Waals surface area (Å²) < 4.78 is 11.0. The molecule has 0 radical (unpaired) electrons. The van der Waals surface area contributed by atoms with Crippen LogP contribution in [-0.4, -0.2) is 37.0 Å². The smallest absolute Gasteiger partial charge is 0.336 e. The summed E-state index contributed by atoms with van der Waals surface area (Å²) in [6.45, 7) is 4.29. The van der Waals surface area contributed by atoms with Crippen LogP contribution in [0.15, 0.2) is 71.1 Å². The first-order valence-corrected chi connectivity index (χ1v) is 13.3. The number of carbonyl (C=O) groups excluding carboxylic acids is 2. The van der Waals surface area contributed by atoms with Gasteiger partial charge in [-0.2, -0.15) is 11.8 Å². The number of benzene rings is 2. The molecule has 0 unspecified atom stereocenters. The van der Waals surface area contributed by atoms with Crippen molar-refractivity contribution in [2.75, 3.05) is 25.2 Å². The number of allylic oxidation sites excluding steroid dienone is 3. The number of ketones is 1. The maximum atomic E-state index is 13.6. The third kappa shape index (κ3) is 5.60. The predicted molar refractivity (Wildman–Crippen MR) is 141 cm³/mol. The summed E-state index contributed by atoms with van der Waals surface area (Å²) in [5.41, 5.74) is 4.69. The third-order valence-corrected chi connectivity index (χ3v) is 7.62. The van der Waals surface area contributed by atoms with Gasteiger partial charge in [0.05, 0.1) is 12.7 Å². The molecule has 0 aromatic heterocycles. The van der Waals surface area contributed by atoms with Crippen molar-refractivity contribution in [3.05, 3.63) is 87.2 Å². The summed E-state index contributed by atoms with van der Waals surface area (Å²) >= 11 is 7.79. The second kappa shape index (κ2) is 11.4. The molecule has 5 nitrogen and oxygen atoms in total. The van der Waals surface area contributed by atoms with E-state index in [4.69, 9.17) is 21.1 Å². The molecule has 35 heavy (non-hydrogen) atoms. The van der Waals surface area contributed by atoms with Crippen LogP contribution in [0.4, 0.5) is 0 Å². The number of ether oxygens (including phenoxy) is 2. The first-order chi connectivity index (χ1) is 16.9. The van der Waals surface area contributed by atoms with Crippen molar-refractivity contribution in [1.82, 2.24) is 5.32 Å². The van der Waals surface area contributed by atoms with Crippen LogP contribution in [0.25, 0.3) is 0 Å². The highest BCUT2D eigenvalue weighted by Crippen LogP contribution is 2.46. The lowest BCUT2D eigenvalue weighted by Crippen LogP contribution is -2.36. The highest BCUT2D eigenvalue weighted by Gasteiger charge is 2.41. The molecule has 0 saturated carbocycles. The number of esters is 1. The summed E-state index contributed by atoms with van der Waals surface area (Å²) in [6, 6.07) is 15.2. The first-order valence-electron chi connectivity index (χ1n) is 11.8. The van der Waals surface area contributed by atoms with Gasteiger partial charge < -0.3 is 14.8 Å². The van der Waals surface area contributed by atoms with Gasteiger partial charge in [-0.05, 0) is 60.4 Å². The van der Waals surface area contributed by atoms with Crippen molar-refractivity contribution >= 4 is 35.1 Å². The van der Waals surface area contributed by atoms with Crippen molar-refractivity contribution in [3.63, 3.8) is 0 Å². The molecule has 1 aliphatic carbocycles. The van der Waals surface area contributed by atoms with Crippen molar-refractivity contribution in [1.29, 1.82) is 0 Å². The Morgan fingerprint density at radius 3 is 2.43 bits per heavy atom. The molecule has 1 heterocycles. The molecule has 0 fully saturated rings. The Balaban J connectivity index is 1.70. The van der Waals surface area contributed by atoms with Gasteiger partial charge >= 0.3 is 5.97 Å². The van der Waals surface area contributed by atoms with E-state index in [2.05, 4.69) is 12.2 Å².